The molecule has 1 radical (unpaired) electrons. The summed E-state index contributed by atoms with van der Waals surface area (Å²) < 4.78 is 7.31. The van der Waals surface area contributed by atoms with E-state index in [-0.39, 0.29) is 0 Å². The highest BCUT2D eigenvalue weighted by Crippen LogP contribution is 2.18. The fourth-order valence-electron chi connectivity index (χ4n) is 1.34. The van der Waals surface area contributed by atoms with E-state index in [1.165, 1.54) is 0 Å². The van der Waals surface area contributed by atoms with Gasteiger partial charge >= 0.3 is 0 Å². The summed E-state index contributed by atoms with van der Waals surface area (Å²) in [4.78, 5) is 12.0. The van der Waals surface area contributed by atoms with E-state index >= 15 is 0 Å². The summed E-state index contributed by atoms with van der Waals surface area (Å²) >= 11 is 0. The Hall–Kier alpha value is -2.43. The van der Waals surface area contributed by atoms with Crippen LogP contribution in [0.5, 0.6) is 11.5 Å². The molecular formula is C11H7N4O. The average molecular weight is 211 g/mol. The normalized spacial score (nSPS) is 10.5. The summed E-state index contributed by atoms with van der Waals surface area (Å²) in [6, 6.07) is 3.64. The number of pyridine rings is 1. The molecule has 0 atom stereocenters. The molecule has 0 aliphatic carbocycles. The number of nitrogens with zero attached hydrogens (tertiary/aromatic N) is 4. The van der Waals surface area contributed by atoms with Crippen molar-refractivity contribution in [3.05, 3.63) is 49.4 Å². The van der Waals surface area contributed by atoms with Crippen LogP contribution in [0, 0.1) is 6.20 Å². The van der Waals surface area contributed by atoms with Gasteiger partial charge in [-0.25, -0.2) is 9.97 Å². The van der Waals surface area contributed by atoms with Crippen LogP contribution in [-0.4, -0.2) is 19.4 Å². The lowest BCUT2D eigenvalue weighted by Gasteiger charge is -2.04. The Morgan fingerprint density at radius 3 is 3.12 bits per heavy atom. The van der Waals surface area contributed by atoms with Crippen molar-refractivity contribution in [1.82, 2.24) is 19.4 Å². The molecular weight excluding hydrogens is 204 g/mol. The van der Waals surface area contributed by atoms with E-state index < -0.39 is 0 Å². The second-order valence-corrected chi connectivity index (χ2v) is 3.17. The van der Waals surface area contributed by atoms with E-state index in [1.54, 1.807) is 35.5 Å². The van der Waals surface area contributed by atoms with Crippen molar-refractivity contribution >= 4 is 5.65 Å². The molecule has 3 heterocycles. The first-order valence-corrected chi connectivity index (χ1v) is 4.70. The first-order valence-electron chi connectivity index (χ1n) is 4.70. The minimum atomic E-state index is 0.631. The maximum Gasteiger partial charge on any atom is 0.166 e. The number of fused-ring (bicyclic) bond motifs is 1. The maximum atomic E-state index is 5.57. The van der Waals surface area contributed by atoms with Gasteiger partial charge in [0.25, 0.3) is 0 Å². The standard InChI is InChI=1S/C11H7N4O/c1-2-9(4-12-3-1)16-10-5-14-11-6-13-8-15(11)7-10/h1-5,7-8H. The van der Waals surface area contributed by atoms with Crippen molar-refractivity contribution in [3.8, 4) is 11.5 Å². The summed E-state index contributed by atoms with van der Waals surface area (Å²) in [5.74, 6) is 1.31. The monoisotopic (exact) mass is 211 g/mol. The van der Waals surface area contributed by atoms with E-state index in [9.17, 15) is 0 Å². The van der Waals surface area contributed by atoms with Crippen LogP contribution in [0.15, 0.2) is 43.2 Å². The molecule has 16 heavy (non-hydrogen) atoms. The summed E-state index contributed by atoms with van der Waals surface area (Å²) in [5, 5.41) is 0. The Balaban J connectivity index is 1.94. The number of rotatable bonds is 2. The van der Waals surface area contributed by atoms with Gasteiger partial charge in [-0.15, -0.1) is 0 Å². The Labute approximate surface area is 91.4 Å². The van der Waals surface area contributed by atoms with Crippen LogP contribution in [-0.2, 0) is 0 Å². The first kappa shape index (κ1) is 8.84. The number of ether oxygens (including phenoxy) is 1. The van der Waals surface area contributed by atoms with Crippen LogP contribution in [0.2, 0.25) is 0 Å². The van der Waals surface area contributed by atoms with Crippen molar-refractivity contribution in [2.24, 2.45) is 0 Å². The van der Waals surface area contributed by atoms with Crippen LogP contribution in [0.3, 0.4) is 0 Å². The van der Waals surface area contributed by atoms with Crippen LogP contribution < -0.4 is 4.74 Å². The van der Waals surface area contributed by atoms with Gasteiger partial charge in [0.2, 0.25) is 0 Å². The van der Waals surface area contributed by atoms with Gasteiger partial charge in [0.1, 0.15) is 18.3 Å². The lowest BCUT2D eigenvalue weighted by atomic mass is 10.4. The average Bonchev–Trinajstić information content (AvgIpc) is 2.77. The Morgan fingerprint density at radius 1 is 1.25 bits per heavy atom. The SMILES string of the molecule is [c]1ncn2cc(Oc3cccnc3)cnc12. The third-order valence-corrected chi connectivity index (χ3v) is 2.04. The van der Waals surface area contributed by atoms with E-state index in [0.717, 1.165) is 0 Å². The summed E-state index contributed by atoms with van der Waals surface area (Å²) in [6.45, 7) is 0. The predicted octanol–water partition coefficient (Wildman–Crippen LogP) is 1.72. The van der Waals surface area contributed by atoms with Gasteiger partial charge in [0, 0.05) is 6.20 Å². The molecule has 0 aliphatic heterocycles. The Morgan fingerprint density at radius 2 is 2.25 bits per heavy atom. The highest BCUT2D eigenvalue weighted by molar-refractivity contribution is 5.36. The zero-order chi connectivity index (χ0) is 10.8. The van der Waals surface area contributed by atoms with E-state index in [1.807, 2.05) is 12.1 Å². The quantitative estimate of drug-likeness (QED) is 0.647. The van der Waals surface area contributed by atoms with Crippen molar-refractivity contribution in [2.75, 3.05) is 0 Å². The zero-order valence-electron chi connectivity index (χ0n) is 8.24. The molecule has 0 aliphatic rings. The molecule has 0 saturated heterocycles. The summed E-state index contributed by atoms with van der Waals surface area (Å²) in [5.41, 5.74) is 0.665. The van der Waals surface area contributed by atoms with Gasteiger partial charge in [-0.2, -0.15) is 0 Å². The summed E-state index contributed by atoms with van der Waals surface area (Å²) in [7, 11) is 0. The third-order valence-electron chi connectivity index (χ3n) is 2.04. The fourth-order valence-corrected chi connectivity index (χ4v) is 1.34. The van der Waals surface area contributed by atoms with Gasteiger partial charge in [0.15, 0.2) is 11.4 Å². The molecule has 0 fully saturated rings. The molecule has 0 bridgehead atoms. The molecule has 77 valence electrons. The highest BCUT2D eigenvalue weighted by atomic mass is 16.5. The van der Waals surface area contributed by atoms with Crippen molar-refractivity contribution < 1.29 is 4.74 Å². The van der Waals surface area contributed by atoms with Crippen LogP contribution in [0.25, 0.3) is 5.65 Å². The second-order valence-electron chi connectivity index (χ2n) is 3.17. The number of aromatic nitrogens is 4. The molecule has 3 rings (SSSR count). The van der Waals surface area contributed by atoms with Gasteiger partial charge < -0.3 is 4.74 Å². The van der Waals surface area contributed by atoms with Crippen molar-refractivity contribution in [3.63, 3.8) is 0 Å². The third kappa shape index (κ3) is 1.58. The minimum absolute atomic E-state index is 0.631. The van der Waals surface area contributed by atoms with E-state index in [4.69, 9.17) is 4.74 Å². The van der Waals surface area contributed by atoms with Gasteiger partial charge in [-0.1, -0.05) is 0 Å². The lowest BCUT2D eigenvalue weighted by Crippen LogP contribution is -1.90. The number of hydrogen-bond donors (Lipinski definition) is 0. The second kappa shape index (κ2) is 3.62. The molecule has 0 spiro atoms. The molecule has 0 saturated carbocycles. The largest absolute Gasteiger partial charge is 0.453 e. The van der Waals surface area contributed by atoms with Crippen LogP contribution in [0.4, 0.5) is 0 Å². The van der Waals surface area contributed by atoms with Crippen molar-refractivity contribution in [1.29, 1.82) is 0 Å². The first-order chi connectivity index (χ1) is 7.92. The molecule has 3 aromatic heterocycles. The van der Waals surface area contributed by atoms with E-state index in [2.05, 4.69) is 21.1 Å². The highest BCUT2D eigenvalue weighted by Gasteiger charge is 2.00. The van der Waals surface area contributed by atoms with Gasteiger partial charge in [-0.05, 0) is 12.1 Å². The van der Waals surface area contributed by atoms with Crippen molar-refractivity contribution in [2.45, 2.75) is 0 Å². The Kier molecular flexibility index (Phi) is 2.00. The molecule has 5 heteroatoms. The van der Waals surface area contributed by atoms with Crippen LogP contribution >= 0.6 is 0 Å². The van der Waals surface area contributed by atoms with Gasteiger partial charge in [-0.3, -0.25) is 9.38 Å². The predicted molar refractivity (Wildman–Crippen MR) is 56.1 cm³/mol. The minimum Gasteiger partial charge on any atom is -0.453 e. The fraction of sp³-hybridized carbons (Fsp3) is 0. The molecule has 5 nitrogen and oxygen atoms in total. The molecule has 0 aromatic carbocycles. The summed E-state index contributed by atoms with van der Waals surface area (Å²) in [6.07, 6.45) is 11.1. The molecule has 0 N–H and O–H groups in total. The maximum absolute atomic E-state index is 5.57. The smallest absolute Gasteiger partial charge is 0.166 e. The topological polar surface area (TPSA) is 52.3 Å². The number of hydrogen-bond acceptors (Lipinski definition) is 4. The van der Waals surface area contributed by atoms with E-state index in [0.29, 0.717) is 17.1 Å². The molecule has 0 amide bonds. The molecule has 3 aromatic rings. The molecule has 0 unspecified atom stereocenters. The van der Waals surface area contributed by atoms with Gasteiger partial charge in [0.05, 0.1) is 18.6 Å². The lowest BCUT2D eigenvalue weighted by molar-refractivity contribution is 0.475. The number of imidazole rings is 1. The Bertz CT molecular complexity index is 605. The zero-order valence-corrected chi connectivity index (χ0v) is 8.24. The van der Waals surface area contributed by atoms with Crippen LogP contribution in [0.1, 0.15) is 0 Å².